The fourth-order valence-corrected chi connectivity index (χ4v) is 3.63. The Bertz CT molecular complexity index is 1050. The lowest BCUT2D eigenvalue weighted by atomic mass is 10.1. The van der Waals surface area contributed by atoms with Crippen LogP contribution in [0.5, 0.6) is 0 Å². The molecule has 1 heterocycles. The number of ether oxygens (including phenoxy) is 1. The molecule has 1 amide bonds. The Hall–Kier alpha value is -3.14. The number of nitrogens with one attached hydrogen (secondary N) is 2. The molecule has 0 spiro atoms. The molecule has 3 rings (SSSR count). The van der Waals surface area contributed by atoms with Crippen molar-refractivity contribution in [2.45, 2.75) is 11.0 Å². The van der Waals surface area contributed by atoms with E-state index in [2.05, 4.69) is 14.8 Å². The Kier molecular flexibility index (Phi) is 6.32. The van der Waals surface area contributed by atoms with E-state index in [4.69, 9.17) is 4.42 Å². The Labute approximate surface area is 168 Å². The molecule has 1 atom stereocenters. The van der Waals surface area contributed by atoms with Crippen LogP contribution in [0.15, 0.2) is 76.2 Å². The molecule has 0 fully saturated rings. The molecule has 0 radical (unpaired) electrons. The molecule has 0 aliphatic rings. The molecule has 9 heteroatoms. The first-order valence-corrected chi connectivity index (χ1v) is 10.1. The van der Waals surface area contributed by atoms with Gasteiger partial charge in [0.1, 0.15) is 5.76 Å². The van der Waals surface area contributed by atoms with Crippen molar-refractivity contribution in [3.63, 3.8) is 0 Å². The molecule has 29 heavy (non-hydrogen) atoms. The van der Waals surface area contributed by atoms with Crippen LogP contribution in [-0.2, 0) is 14.8 Å². The third kappa shape index (κ3) is 5.23. The number of methoxy groups -OCH3 is 1. The van der Waals surface area contributed by atoms with Gasteiger partial charge in [-0.05, 0) is 42.0 Å². The molecule has 0 saturated carbocycles. The largest absolute Gasteiger partial charge is 0.464 e. The predicted molar refractivity (Wildman–Crippen MR) is 107 cm³/mol. The quantitative estimate of drug-likeness (QED) is 0.545. The van der Waals surface area contributed by atoms with Gasteiger partial charge in [-0.15, -0.1) is 0 Å². The summed E-state index contributed by atoms with van der Waals surface area (Å²) < 4.78 is 37.0. The molecule has 2 aromatic carbocycles. The van der Waals surface area contributed by atoms with Gasteiger partial charge in [-0.2, -0.15) is 0 Å². The zero-order chi connectivity index (χ0) is 20.9. The summed E-state index contributed by atoms with van der Waals surface area (Å²) in [5.74, 6) is 0.705. The second-order valence-electron chi connectivity index (χ2n) is 6.11. The number of hydrogen-bond donors (Lipinski definition) is 3. The zero-order valence-corrected chi connectivity index (χ0v) is 16.3. The highest BCUT2D eigenvalue weighted by atomic mass is 32.2. The second-order valence-corrected chi connectivity index (χ2v) is 7.87. The number of aliphatic hydroxyl groups excluding tert-OH is 1. The maximum Gasteiger partial charge on any atom is 0.411 e. The van der Waals surface area contributed by atoms with Crippen molar-refractivity contribution >= 4 is 21.8 Å². The van der Waals surface area contributed by atoms with E-state index in [9.17, 15) is 18.3 Å². The molecular weight excluding hydrogens is 396 g/mol. The monoisotopic (exact) mass is 416 g/mol. The predicted octanol–water partition coefficient (Wildman–Crippen LogP) is 3.14. The van der Waals surface area contributed by atoms with Crippen molar-refractivity contribution in [2.75, 3.05) is 19.0 Å². The fourth-order valence-electron chi connectivity index (χ4n) is 2.59. The SMILES string of the molecule is COC(=O)Nc1ccc(S(=O)(=O)NC[C@H](O)c2ccc(-c3ccco3)cc2)cc1. The normalized spacial score (nSPS) is 12.3. The van der Waals surface area contributed by atoms with Gasteiger partial charge in [0.15, 0.2) is 0 Å². The van der Waals surface area contributed by atoms with Crippen LogP contribution in [0.2, 0.25) is 0 Å². The van der Waals surface area contributed by atoms with E-state index in [1.165, 1.54) is 31.4 Å². The first-order valence-electron chi connectivity index (χ1n) is 8.65. The summed E-state index contributed by atoms with van der Waals surface area (Å²) in [5, 5.41) is 12.7. The Morgan fingerprint density at radius 1 is 1.10 bits per heavy atom. The lowest BCUT2D eigenvalue weighted by Gasteiger charge is -2.13. The van der Waals surface area contributed by atoms with Gasteiger partial charge in [0, 0.05) is 17.8 Å². The molecular formula is C20H20N2O6S. The van der Waals surface area contributed by atoms with Crippen LogP contribution in [0.1, 0.15) is 11.7 Å². The number of anilines is 1. The van der Waals surface area contributed by atoms with Crippen molar-refractivity contribution in [3.05, 3.63) is 72.5 Å². The number of carbonyl (C=O) groups is 1. The third-order valence-electron chi connectivity index (χ3n) is 4.16. The van der Waals surface area contributed by atoms with E-state index in [0.717, 1.165) is 5.56 Å². The van der Waals surface area contributed by atoms with Crippen LogP contribution < -0.4 is 10.0 Å². The number of sulfonamides is 1. The highest BCUT2D eigenvalue weighted by Gasteiger charge is 2.17. The summed E-state index contributed by atoms with van der Waals surface area (Å²) in [6.45, 7) is -0.190. The van der Waals surface area contributed by atoms with Gasteiger partial charge in [0.05, 0.1) is 24.4 Å². The van der Waals surface area contributed by atoms with Crippen molar-refractivity contribution in [1.29, 1.82) is 0 Å². The molecule has 0 bridgehead atoms. The van der Waals surface area contributed by atoms with Crippen molar-refractivity contribution in [3.8, 4) is 11.3 Å². The molecule has 1 aromatic heterocycles. The maximum absolute atomic E-state index is 12.4. The number of amides is 1. The molecule has 0 saturated heterocycles. The lowest BCUT2D eigenvalue weighted by Crippen LogP contribution is -2.28. The van der Waals surface area contributed by atoms with Gasteiger partial charge in [0.25, 0.3) is 0 Å². The third-order valence-corrected chi connectivity index (χ3v) is 5.60. The molecule has 0 unspecified atom stereocenters. The second kappa shape index (κ2) is 8.91. The first-order chi connectivity index (χ1) is 13.9. The smallest absolute Gasteiger partial charge is 0.411 e. The lowest BCUT2D eigenvalue weighted by molar-refractivity contribution is 0.182. The van der Waals surface area contributed by atoms with Gasteiger partial charge >= 0.3 is 6.09 Å². The minimum atomic E-state index is -3.83. The first kappa shape index (κ1) is 20.6. The van der Waals surface area contributed by atoms with E-state index < -0.39 is 22.2 Å². The Morgan fingerprint density at radius 3 is 2.38 bits per heavy atom. The van der Waals surface area contributed by atoms with Crippen LogP contribution in [0, 0.1) is 0 Å². The molecule has 152 valence electrons. The van der Waals surface area contributed by atoms with Crippen LogP contribution in [-0.4, -0.2) is 33.3 Å². The Morgan fingerprint density at radius 2 is 1.79 bits per heavy atom. The average Bonchev–Trinajstić information content (AvgIpc) is 3.27. The summed E-state index contributed by atoms with van der Waals surface area (Å²) in [6.07, 6.45) is -0.0964. The number of aliphatic hydroxyl groups is 1. The minimum Gasteiger partial charge on any atom is -0.464 e. The molecule has 0 aliphatic carbocycles. The highest BCUT2D eigenvalue weighted by molar-refractivity contribution is 7.89. The Balaban J connectivity index is 1.61. The van der Waals surface area contributed by atoms with Crippen molar-refractivity contribution < 1.29 is 27.5 Å². The van der Waals surface area contributed by atoms with Crippen LogP contribution in [0.3, 0.4) is 0 Å². The van der Waals surface area contributed by atoms with E-state index >= 15 is 0 Å². The van der Waals surface area contributed by atoms with E-state index in [1.54, 1.807) is 36.6 Å². The van der Waals surface area contributed by atoms with Gasteiger partial charge in [-0.1, -0.05) is 24.3 Å². The number of rotatable bonds is 7. The van der Waals surface area contributed by atoms with Crippen LogP contribution in [0.25, 0.3) is 11.3 Å². The summed E-state index contributed by atoms with van der Waals surface area (Å²) in [6, 6.07) is 16.2. The van der Waals surface area contributed by atoms with E-state index in [1.807, 2.05) is 6.07 Å². The molecule has 3 N–H and O–H groups in total. The summed E-state index contributed by atoms with van der Waals surface area (Å²) >= 11 is 0. The molecule has 3 aromatic rings. The standard InChI is InChI=1S/C20H20N2O6S/c1-27-20(24)22-16-8-10-17(11-9-16)29(25,26)21-13-18(23)14-4-6-15(7-5-14)19-3-2-12-28-19/h2-12,18,21,23H,13H2,1H3,(H,22,24)/t18-/m0/s1. The highest BCUT2D eigenvalue weighted by Crippen LogP contribution is 2.22. The van der Waals surface area contributed by atoms with Gasteiger partial charge < -0.3 is 14.3 Å². The van der Waals surface area contributed by atoms with Gasteiger partial charge in [-0.3, -0.25) is 5.32 Å². The van der Waals surface area contributed by atoms with Crippen molar-refractivity contribution in [2.24, 2.45) is 0 Å². The minimum absolute atomic E-state index is 0.00767. The summed E-state index contributed by atoms with van der Waals surface area (Å²) in [5.41, 5.74) is 1.82. The summed E-state index contributed by atoms with van der Waals surface area (Å²) in [4.78, 5) is 11.2. The van der Waals surface area contributed by atoms with Crippen LogP contribution in [0.4, 0.5) is 10.5 Å². The average molecular weight is 416 g/mol. The fraction of sp³-hybridized carbons (Fsp3) is 0.150. The molecule has 8 nitrogen and oxygen atoms in total. The van der Waals surface area contributed by atoms with Crippen LogP contribution >= 0.6 is 0 Å². The topological polar surface area (TPSA) is 118 Å². The number of carbonyl (C=O) groups excluding carboxylic acids is 1. The number of benzene rings is 2. The van der Waals surface area contributed by atoms with E-state index in [0.29, 0.717) is 17.0 Å². The molecule has 0 aliphatic heterocycles. The summed E-state index contributed by atoms with van der Waals surface area (Å²) in [7, 11) is -2.60. The zero-order valence-electron chi connectivity index (χ0n) is 15.5. The number of furan rings is 1. The van der Waals surface area contributed by atoms with Crippen molar-refractivity contribution in [1.82, 2.24) is 4.72 Å². The maximum atomic E-state index is 12.4. The van der Waals surface area contributed by atoms with Gasteiger partial charge in [-0.25, -0.2) is 17.9 Å². The number of hydrogen-bond acceptors (Lipinski definition) is 6. The van der Waals surface area contributed by atoms with E-state index in [-0.39, 0.29) is 11.4 Å². The van der Waals surface area contributed by atoms with Gasteiger partial charge in [0.2, 0.25) is 10.0 Å².